The van der Waals surface area contributed by atoms with Gasteiger partial charge in [-0.25, -0.2) is 15.0 Å². The van der Waals surface area contributed by atoms with Gasteiger partial charge in [-0.2, -0.15) is 0 Å². The van der Waals surface area contributed by atoms with Crippen LogP contribution in [0.3, 0.4) is 0 Å². The highest BCUT2D eigenvalue weighted by molar-refractivity contribution is 7.09. The summed E-state index contributed by atoms with van der Waals surface area (Å²) in [5.74, 6) is 1.41. The zero-order valence-corrected chi connectivity index (χ0v) is 25.0. The number of aromatic nitrogens is 3. The lowest BCUT2D eigenvalue weighted by molar-refractivity contribution is -0.115. The van der Waals surface area contributed by atoms with E-state index in [1.807, 2.05) is 48.8 Å². The van der Waals surface area contributed by atoms with Crippen LogP contribution in [0, 0.1) is 13.8 Å². The number of carbonyl (C=O) groups excluding carboxylic acids is 1. The van der Waals surface area contributed by atoms with Crippen molar-refractivity contribution in [3.05, 3.63) is 81.6 Å². The molecule has 0 bridgehead atoms. The van der Waals surface area contributed by atoms with Crippen LogP contribution in [0.15, 0.2) is 54.0 Å². The third kappa shape index (κ3) is 7.06. The third-order valence-corrected chi connectivity index (χ3v) is 8.58. The fourth-order valence-corrected chi connectivity index (χ4v) is 6.14. The van der Waals surface area contributed by atoms with Crippen molar-refractivity contribution in [2.75, 3.05) is 48.3 Å². The second kappa shape index (κ2) is 12.9. The van der Waals surface area contributed by atoms with Crippen LogP contribution in [0.4, 0.5) is 23.0 Å². The Kier molecular flexibility index (Phi) is 8.62. The molecule has 0 unspecified atom stereocenters. The van der Waals surface area contributed by atoms with Gasteiger partial charge in [0, 0.05) is 60.3 Å². The van der Waals surface area contributed by atoms with Gasteiger partial charge in [-0.15, -0.1) is 11.3 Å². The number of amides is 1. The molecule has 0 aliphatic carbocycles. The second-order valence-corrected chi connectivity index (χ2v) is 12.0. The molecule has 2 aliphatic rings. The van der Waals surface area contributed by atoms with Crippen LogP contribution < -0.4 is 20.3 Å². The van der Waals surface area contributed by atoms with Crippen LogP contribution in [-0.4, -0.2) is 58.5 Å². The molecule has 0 saturated carbocycles. The second-order valence-electron chi connectivity index (χ2n) is 11.0. The number of carbonyl (C=O) groups is 1. The monoisotopic (exact) mass is 583 g/mol. The molecule has 0 radical (unpaired) electrons. The van der Waals surface area contributed by atoms with Gasteiger partial charge < -0.3 is 20.3 Å². The van der Waals surface area contributed by atoms with Crippen molar-refractivity contribution < 1.29 is 9.53 Å². The Hall–Kier alpha value is -4.02. The quantitative estimate of drug-likeness (QED) is 0.252. The summed E-state index contributed by atoms with van der Waals surface area (Å²) in [7, 11) is 0. The maximum absolute atomic E-state index is 12.6. The lowest BCUT2D eigenvalue weighted by Crippen LogP contribution is -2.32. The first-order chi connectivity index (χ1) is 20.5. The van der Waals surface area contributed by atoms with E-state index in [4.69, 9.17) is 9.72 Å². The molecule has 2 aliphatic heterocycles. The zero-order chi connectivity index (χ0) is 28.9. The predicted molar refractivity (Wildman–Crippen MR) is 168 cm³/mol. The number of benzene rings is 2. The zero-order valence-electron chi connectivity index (χ0n) is 24.2. The molecule has 1 amide bonds. The fraction of sp³-hybridized carbons (Fsp3) is 0.375. The van der Waals surface area contributed by atoms with Crippen LogP contribution in [0.1, 0.15) is 40.4 Å². The van der Waals surface area contributed by atoms with Gasteiger partial charge in [-0.05, 0) is 81.7 Å². The average molecular weight is 584 g/mol. The molecule has 0 spiro atoms. The minimum Gasteiger partial charge on any atom is -0.492 e. The van der Waals surface area contributed by atoms with Crippen molar-refractivity contribution in [3.63, 3.8) is 0 Å². The number of aryl methyl sites for hydroxylation is 2. The van der Waals surface area contributed by atoms with E-state index in [0.29, 0.717) is 12.6 Å². The van der Waals surface area contributed by atoms with Gasteiger partial charge in [-0.1, -0.05) is 6.07 Å². The van der Waals surface area contributed by atoms with Gasteiger partial charge >= 0.3 is 0 Å². The summed E-state index contributed by atoms with van der Waals surface area (Å²) in [4.78, 5) is 31.2. The Bertz CT molecular complexity index is 1530. The van der Waals surface area contributed by atoms with E-state index in [9.17, 15) is 4.79 Å². The summed E-state index contributed by atoms with van der Waals surface area (Å²) in [6, 6.07) is 14.0. The first-order valence-electron chi connectivity index (χ1n) is 14.6. The highest BCUT2D eigenvalue weighted by atomic mass is 32.1. The normalized spacial score (nSPS) is 15.0. The Labute approximate surface area is 251 Å². The fourth-order valence-electron chi connectivity index (χ4n) is 5.53. The molecule has 10 heteroatoms. The first-order valence-corrected chi connectivity index (χ1v) is 15.5. The van der Waals surface area contributed by atoms with Gasteiger partial charge in [0.1, 0.15) is 12.4 Å². The number of thiazole rings is 1. The molecule has 218 valence electrons. The number of fused-ring (bicyclic) bond motifs is 1. The molecular formula is C32H37N7O2S. The van der Waals surface area contributed by atoms with Gasteiger partial charge in [0.05, 0.1) is 22.8 Å². The minimum absolute atomic E-state index is 0.0628. The van der Waals surface area contributed by atoms with Crippen LogP contribution in [0.2, 0.25) is 0 Å². The van der Waals surface area contributed by atoms with Gasteiger partial charge in [0.25, 0.3) is 0 Å². The Morgan fingerprint density at radius 3 is 2.62 bits per heavy atom. The largest absolute Gasteiger partial charge is 0.492 e. The Morgan fingerprint density at radius 2 is 1.83 bits per heavy atom. The van der Waals surface area contributed by atoms with E-state index in [1.54, 1.807) is 11.3 Å². The number of rotatable bonds is 10. The molecule has 2 N–H and O–H groups in total. The SMILES string of the molecule is Cc1nc(CC(=O)Nc2ccc(C)c(N3CCc4nc(Nc5ccc(OCCN6CCCC6)cc5)ncc4C3)c2)cs1. The average Bonchev–Trinajstić information content (AvgIpc) is 3.66. The molecule has 9 nitrogen and oxygen atoms in total. The summed E-state index contributed by atoms with van der Waals surface area (Å²) in [5, 5.41) is 9.28. The van der Waals surface area contributed by atoms with E-state index in [0.717, 1.165) is 76.4 Å². The third-order valence-electron chi connectivity index (χ3n) is 7.76. The molecule has 1 fully saturated rings. The summed E-state index contributed by atoms with van der Waals surface area (Å²) in [6.45, 7) is 9.67. The van der Waals surface area contributed by atoms with Gasteiger partial charge in [-0.3, -0.25) is 9.69 Å². The molecule has 2 aromatic heterocycles. The van der Waals surface area contributed by atoms with E-state index >= 15 is 0 Å². The van der Waals surface area contributed by atoms with E-state index in [2.05, 4.69) is 49.5 Å². The number of hydrogen-bond donors (Lipinski definition) is 2. The van der Waals surface area contributed by atoms with Crippen LogP contribution >= 0.6 is 11.3 Å². The lowest BCUT2D eigenvalue weighted by Gasteiger charge is -2.31. The van der Waals surface area contributed by atoms with Crippen LogP contribution in [0.5, 0.6) is 5.75 Å². The molecule has 2 aromatic carbocycles. The topological polar surface area (TPSA) is 95.5 Å². The maximum atomic E-state index is 12.6. The van der Waals surface area contributed by atoms with Gasteiger partial charge in [0.15, 0.2) is 0 Å². The number of nitrogens with one attached hydrogen (secondary N) is 2. The molecule has 4 heterocycles. The van der Waals surface area contributed by atoms with Gasteiger partial charge in [0.2, 0.25) is 11.9 Å². The number of nitrogens with zero attached hydrogens (tertiary/aromatic N) is 5. The van der Waals surface area contributed by atoms with E-state index < -0.39 is 0 Å². The molecule has 42 heavy (non-hydrogen) atoms. The molecular weight excluding hydrogens is 546 g/mol. The van der Waals surface area contributed by atoms with Crippen molar-refractivity contribution in [2.45, 2.75) is 46.1 Å². The number of anilines is 4. The smallest absolute Gasteiger partial charge is 0.230 e. The highest BCUT2D eigenvalue weighted by Crippen LogP contribution is 2.30. The molecule has 1 saturated heterocycles. The molecule has 0 atom stereocenters. The summed E-state index contributed by atoms with van der Waals surface area (Å²) >= 11 is 1.56. The van der Waals surface area contributed by atoms with Crippen molar-refractivity contribution in [3.8, 4) is 5.75 Å². The van der Waals surface area contributed by atoms with Crippen molar-refractivity contribution in [2.24, 2.45) is 0 Å². The van der Waals surface area contributed by atoms with E-state index in [1.165, 1.54) is 25.9 Å². The minimum atomic E-state index is -0.0628. The predicted octanol–water partition coefficient (Wildman–Crippen LogP) is 5.51. The Morgan fingerprint density at radius 1 is 1.02 bits per heavy atom. The first kappa shape index (κ1) is 28.1. The highest BCUT2D eigenvalue weighted by Gasteiger charge is 2.21. The summed E-state index contributed by atoms with van der Waals surface area (Å²) < 4.78 is 5.93. The molecule has 6 rings (SSSR count). The number of ether oxygens (including phenoxy) is 1. The molecule has 4 aromatic rings. The lowest BCUT2D eigenvalue weighted by atomic mass is 10.0. The number of likely N-dealkylation sites (tertiary alicyclic amines) is 1. The Balaban J connectivity index is 1.04. The van der Waals surface area contributed by atoms with Crippen molar-refractivity contribution in [1.29, 1.82) is 0 Å². The van der Waals surface area contributed by atoms with Crippen LogP contribution in [0.25, 0.3) is 0 Å². The number of hydrogen-bond acceptors (Lipinski definition) is 9. The maximum Gasteiger partial charge on any atom is 0.230 e. The van der Waals surface area contributed by atoms with Crippen molar-refractivity contribution >= 4 is 40.3 Å². The van der Waals surface area contributed by atoms with Crippen molar-refractivity contribution in [1.82, 2.24) is 19.9 Å². The van der Waals surface area contributed by atoms with Crippen LogP contribution in [-0.2, 0) is 24.2 Å². The summed E-state index contributed by atoms with van der Waals surface area (Å²) in [5.41, 5.74) is 6.96. The standard InChI is InChI=1S/C32H37N7O2S/c1-22-5-6-26(35-31(40)18-27-21-42-23(2)34-27)17-30(22)39-14-11-29-24(20-39)19-33-32(37-29)36-25-7-9-28(10-8-25)41-16-15-38-12-3-4-13-38/h5-10,17,19,21H,3-4,11-16,18,20H2,1-2H3,(H,35,40)(H,33,36,37). The summed E-state index contributed by atoms with van der Waals surface area (Å²) in [6.07, 6.45) is 5.60. The van der Waals surface area contributed by atoms with E-state index in [-0.39, 0.29) is 12.3 Å².